The average molecular weight is 169 g/mol. The van der Waals surface area contributed by atoms with Gasteiger partial charge in [-0.2, -0.15) is 5.43 Å². The molecular formula is C10H21N2. The minimum atomic E-state index is 0.621. The second kappa shape index (κ2) is 6.44. The van der Waals surface area contributed by atoms with Crippen molar-refractivity contribution in [3.8, 4) is 0 Å². The molecule has 0 heterocycles. The van der Waals surface area contributed by atoms with Gasteiger partial charge < -0.3 is 0 Å². The maximum Gasteiger partial charge on any atom is 0.0416 e. The smallest absolute Gasteiger partial charge is 0.0416 e. The predicted octanol–water partition coefficient (Wildman–Crippen LogP) is 2.23. The Kier molecular flexibility index (Phi) is 5.37. The van der Waals surface area contributed by atoms with E-state index in [0.29, 0.717) is 6.04 Å². The quantitative estimate of drug-likeness (QED) is 0.495. The monoisotopic (exact) mass is 169 g/mol. The molecule has 12 heavy (non-hydrogen) atoms. The van der Waals surface area contributed by atoms with E-state index >= 15 is 0 Å². The van der Waals surface area contributed by atoms with Crippen molar-refractivity contribution in [3.63, 3.8) is 0 Å². The van der Waals surface area contributed by atoms with Crippen LogP contribution >= 0.6 is 0 Å². The number of rotatable bonds is 5. The predicted molar refractivity (Wildman–Crippen MR) is 51.9 cm³/mol. The van der Waals surface area contributed by atoms with Crippen molar-refractivity contribution in [1.82, 2.24) is 10.9 Å². The lowest BCUT2D eigenvalue weighted by Crippen LogP contribution is -2.35. The SMILES string of the molecule is CCCCN[N]C1CCCCC1. The van der Waals surface area contributed by atoms with E-state index in [0.717, 1.165) is 6.54 Å². The number of hydrogen-bond donors (Lipinski definition) is 1. The number of unbranched alkanes of at least 4 members (excludes halogenated alkanes) is 1. The van der Waals surface area contributed by atoms with Gasteiger partial charge in [-0.25, -0.2) is 5.43 Å². The first-order valence-corrected chi connectivity index (χ1v) is 5.36. The highest BCUT2D eigenvalue weighted by Crippen LogP contribution is 2.17. The van der Waals surface area contributed by atoms with Crippen LogP contribution in [0.4, 0.5) is 0 Å². The van der Waals surface area contributed by atoms with Crippen LogP contribution in [0.2, 0.25) is 0 Å². The van der Waals surface area contributed by atoms with Crippen molar-refractivity contribution >= 4 is 0 Å². The fourth-order valence-corrected chi connectivity index (χ4v) is 1.66. The van der Waals surface area contributed by atoms with Crippen molar-refractivity contribution in [1.29, 1.82) is 0 Å². The van der Waals surface area contributed by atoms with Crippen LogP contribution in [0.15, 0.2) is 0 Å². The van der Waals surface area contributed by atoms with Crippen molar-refractivity contribution in [3.05, 3.63) is 0 Å². The molecule has 1 fully saturated rings. The Bertz CT molecular complexity index is 98.0. The summed E-state index contributed by atoms with van der Waals surface area (Å²) in [5, 5.41) is 0. The minimum Gasteiger partial charge on any atom is -0.240 e. The van der Waals surface area contributed by atoms with E-state index in [2.05, 4.69) is 17.8 Å². The number of hydrogen-bond acceptors (Lipinski definition) is 1. The average Bonchev–Trinajstić information content (AvgIpc) is 2.14. The van der Waals surface area contributed by atoms with Crippen LogP contribution in [-0.2, 0) is 0 Å². The molecule has 0 aromatic carbocycles. The number of nitrogens with zero attached hydrogens (tertiary/aromatic N) is 1. The standard InChI is InChI=1S/C10H21N2/c1-2-3-9-11-12-10-7-5-4-6-8-10/h10-11H,2-9H2,1H3. The first-order chi connectivity index (χ1) is 5.93. The van der Waals surface area contributed by atoms with E-state index in [-0.39, 0.29) is 0 Å². The van der Waals surface area contributed by atoms with Gasteiger partial charge in [0.2, 0.25) is 0 Å². The maximum atomic E-state index is 4.47. The molecule has 2 heteroatoms. The molecule has 1 aliphatic rings. The fraction of sp³-hybridized carbons (Fsp3) is 1.00. The van der Waals surface area contributed by atoms with E-state index in [1.807, 2.05) is 0 Å². The molecule has 0 aromatic rings. The summed E-state index contributed by atoms with van der Waals surface area (Å²) in [5.41, 5.74) is 7.65. The van der Waals surface area contributed by atoms with Crippen LogP contribution in [-0.4, -0.2) is 12.6 Å². The molecule has 0 atom stereocenters. The van der Waals surface area contributed by atoms with Gasteiger partial charge in [-0.15, -0.1) is 0 Å². The largest absolute Gasteiger partial charge is 0.240 e. The minimum absolute atomic E-state index is 0.621. The van der Waals surface area contributed by atoms with Gasteiger partial charge in [-0.05, 0) is 19.3 Å². The second-order valence-corrected chi connectivity index (χ2v) is 3.68. The molecule has 1 aliphatic carbocycles. The van der Waals surface area contributed by atoms with Gasteiger partial charge in [0.15, 0.2) is 0 Å². The summed E-state index contributed by atoms with van der Waals surface area (Å²) in [6.07, 6.45) is 9.29. The first-order valence-electron chi connectivity index (χ1n) is 5.36. The molecule has 0 spiro atoms. The van der Waals surface area contributed by atoms with Gasteiger partial charge in [0.1, 0.15) is 0 Å². The van der Waals surface area contributed by atoms with E-state index < -0.39 is 0 Å². The summed E-state index contributed by atoms with van der Waals surface area (Å²) >= 11 is 0. The highest BCUT2D eigenvalue weighted by atomic mass is 15.4. The normalized spacial score (nSPS) is 19.8. The van der Waals surface area contributed by atoms with Crippen molar-refractivity contribution in [2.45, 2.75) is 57.9 Å². The maximum absolute atomic E-state index is 4.47. The summed E-state index contributed by atoms with van der Waals surface area (Å²) in [6.45, 7) is 3.27. The summed E-state index contributed by atoms with van der Waals surface area (Å²) in [4.78, 5) is 0. The van der Waals surface area contributed by atoms with E-state index in [4.69, 9.17) is 0 Å². The Hall–Kier alpha value is -0.0800. The molecule has 0 unspecified atom stereocenters. The van der Waals surface area contributed by atoms with E-state index in [1.54, 1.807) is 0 Å². The molecule has 1 N–H and O–H groups in total. The van der Waals surface area contributed by atoms with Crippen molar-refractivity contribution in [2.24, 2.45) is 0 Å². The molecule has 0 aliphatic heterocycles. The molecular weight excluding hydrogens is 148 g/mol. The zero-order chi connectivity index (χ0) is 8.65. The molecule has 0 aromatic heterocycles. The second-order valence-electron chi connectivity index (χ2n) is 3.68. The van der Waals surface area contributed by atoms with Gasteiger partial charge in [0, 0.05) is 12.6 Å². The Morgan fingerprint density at radius 1 is 1.25 bits per heavy atom. The first kappa shape index (κ1) is 10.0. The van der Waals surface area contributed by atoms with Crippen LogP contribution in [0.5, 0.6) is 0 Å². The van der Waals surface area contributed by atoms with Crippen LogP contribution in [0.3, 0.4) is 0 Å². The fourth-order valence-electron chi connectivity index (χ4n) is 1.66. The van der Waals surface area contributed by atoms with Crippen LogP contribution in [0, 0.1) is 0 Å². The highest BCUT2D eigenvalue weighted by molar-refractivity contribution is 4.69. The van der Waals surface area contributed by atoms with Crippen molar-refractivity contribution in [2.75, 3.05) is 6.54 Å². The molecule has 2 nitrogen and oxygen atoms in total. The summed E-state index contributed by atoms with van der Waals surface area (Å²) in [7, 11) is 0. The van der Waals surface area contributed by atoms with Crippen LogP contribution in [0.1, 0.15) is 51.9 Å². The summed E-state index contributed by atoms with van der Waals surface area (Å²) < 4.78 is 0. The Labute approximate surface area is 76.1 Å². The molecule has 1 radical (unpaired) electrons. The van der Waals surface area contributed by atoms with Gasteiger partial charge >= 0.3 is 0 Å². The number of nitrogens with one attached hydrogen (secondary N) is 1. The molecule has 0 bridgehead atoms. The zero-order valence-corrected chi connectivity index (χ0v) is 8.18. The summed E-state index contributed by atoms with van der Waals surface area (Å²) in [6, 6.07) is 0.621. The highest BCUT2D eigenvalue weighted by Gasteiger charge is 2.12. The molecule has 1 rings (SSSR count). The van der Waals surface area contributed by atoms with E-state index in [1.165, 1.54) is 44.9 Å². The van der Waals surface area contributed by atoms with Crippen molar-refractivity contribution < 1.29 is 0 Å². The van der Waals surface area contributed by atoms with Gasteiger partial charge in [0.25, 0.3) is 0 Å². The third-order valence-corrected chi connectivity index (χ3v) is 2.49. The van der Waals surface area contributed by atoms with Gasteiger partial charge in [0.05, 0.1) is 0 Å². The van der Waals surface area contributed by atoms with Crippen LogP contribution < -0.4 is 10.9 Å². The Morgan fingerprint density at radius 2 is 2.00 bits per heavy atom. The van der Waals surface area contributed by atoms with E-state index in [9.17, 15) is 0 Å². The molecule has 0 amide bonds. The molecule has 71 valence electrons. The topological polar surface area (TPSA) is 26.1 Å². The van der Waals surface area contributed by atoms with Gasteiger partial charge in [-0.3, -0.25) is 0 Å². The summed E-state index contributed by atoms with van der Waals surface area (Å²) in [5.74, 6) is 0. The lowest BCUT2D eigenvalue weighted by molar-refractivity contribution is 0.325. The van der Waals surface area contributed by atoms with Gasteiger partial charge in [-0.1, -0.05) is 32.6 Å². The zero-order valence-electron chi connectivity index (χ0n) is 8.18. The third-order valence-electron chi connectivity index (χ3n) is 2.49. The van der Waals surface area contributed by atoms with Crippen LogP contribution in [0.25, 0.3) is 0 Å². The lowest BCUT2D eigenvalue weighted by Gasteiger charge is -2.20. The molecule has 1 saturated carbocycles. The third kappa shape index (κ3) is 4.07. The lowest BCUT2D eigenvalue weighted by atomic mass is 9.96. The Morgan fingerprint density at radius 3 is 2.67 bits per heavy atom. The Balaban J connectivity index is 1.91. The molecule has 0 saturated heterocycles.